The van der Waals surface area contributed by atoms with Gasteiger partial charge in [0.25, 0.3) is 0 Å². The van der Waals surface area contributed by atoms with Crippen LogP contribution in [-0.2, 0) is 6.54 Å². The second-order valence-corrected chi connectivity index (χ2v) is 8.32. The summed E-state index contributed by atoms with van der Waals surface area (Å²) in [5, 5.41) is 0. The van der Waals surface area contributed by atoms with E-state index in [4.69, 9.17) is 0 Å². The van der Waals surface area contributed by atoms with Crippen molar-refractivity contribution in [2.24, 2.45) is 0 Å². The van der Waals surface area contributed by atoms with Crippen molar-refractivity contribution in [3.63, 3.8) is 0 Å². The van der Waals surface area contributed by atoms with E-state index in [1.165, 1.54) is 77.0 Å². The molecule has 0 spiro atoms. The van der Waals surface area contributed by atoms with Crippen molar-refractivity contribution in [3.05, 3.63) is 72.1 Å². The molecule has 0 N–H and O–H groups in total. The summed E-state index contributed by atoms with van der Waals surface area (Å²) in [5.74, 6) is 0.0452. The van der Waals surface area contributed by atoms with Gasteiger partial charge in [0.05, 0.1) is 0 Å². The van der Waals surface area contributed by atoms with Crippen LogP contribution in [0.1, 0.15) is 99.9 Å². The Bertz CT molecular complexity index is 718. The normalized spacial score (nSPS) is 11.2. The minimum atomic E-state index is 0.0452. The number of nitrogens with zero attached hydrogens (tertiary/aromatic N) is 1. The number of hydrogen-bond acceptors (Lipinski definition) is 1. The van der Waals surface area contributed by atoms with Crippen LogP contribution in [0.5, 0.6) is 0 Å². The molecule has 2 aromatic rings. The fourth-order valence-electron chi connectivity index (χ4n) is 3.73. The molecular weight excluding hydrogens is 366 g/mol. The van der Waals surface area contributed by atoms with Gasteiger partial charge < -0.3 is 0 Å². The molecule has 0 atom stereocenters. The Kier molecular flexibility index (Phi) is 12.5. The largest absolute Gasteiger partial charge is 0.289 e. The number of rotatable bonds is 16. The van der Waals surface area contributed by atoms with Crippen molar-refractivity contribution < 1.29 is 9.36 Å². The zero-order chi connectivity index (χ0) is 21.3. The number of aromatic nitrogens is 1. The highest BCUT2D eigenvalue weighted by Gasteiger charge is 2.02. The lowest BCUT2D eigenvalue weighted by atomic mass is 10.1. The van der Waals surface area contributed by atoms with Crippen LogP contribution in [0.15, 0.2) is 60.9 Å². The number of pyridine rings is 1. The van der Waals surface area contributed by atoms with E-state index in [-0.39, 0.29) is 5.78 Å². The summed E-state index contributed by atoms with van der Waals surface area (Å²) >= 11 is 0. The first-order valence-corrected chi connectivity index (χ1v) is 12.1. The van der Waals surface area contributed by atoms with Crippen LogP contribution in [0.25, 0.3) is 6.08 Å². The number of carbonyl (C=O) groups is 1. The fourth-order valence-corrected chi connectivity index (χ4v) is 3.73. The van der Waals surface area contributed by atoms with E-state index in [0.717, 1.165) is 17.7 Å². The summed E-state index contributed by atoms with van der Waals surface area (Å²) in [6, 6.07) is 13.6. The first-order chi connectivity index (χ1) is 14.8. The lowest BCUT2D eigenvalue weighted by Gasteiger charge is -2.02. The first kappa shape index (κ1) is 24.1. The Labute approximate surface area is 184 Å². The Morgan fingerprint density at radius 1 is 0.733 bits per heavy atom. The summed E-state index contributed by atoms with van der Waals surface area (Å²) in [5.41, 5.74) is 1.79. The third-order valence-corrected chi connectivity index (χ3v) is 5.67. The highest BCUT2D eigenvalue weighted by atomic mass is 16.1. The molecule has 0 saturated carbocycles. The molecule has 1 heterocycles. The van der Waals surface area contributed by atoms with Crippen molar-refractivity contribution in [3.8, 4) is 0 Å². The van der Waals surface area contributed by atoms with Gasteiger partial charge in [-0.1, -0.05) is 108 Å². The van der Waals surface area contributed by atoms with Gasteiger partial charge in [-0.2, -0.15) is 0 Å². The fraction of sp³-hybridized carbons (Fsp3) is 0.500. The summed E-state index contributed by atoms with van der Waals surface area (Å²) in [6.45, 7) is 3.35. The second kappa shape index (κ2) is 15.6. The maximum Gasteiger partial charge on any atom is 0.185 e. The molecule has 30 heavy (non-hydrogen) atoms. The molecule has 2 heteroatoms. The van der Waals surface area contributed by atoms with E-state index in [1.807, 2.05) is 36.4 Å². The molecule has 0 unspecified atom stereocenters. The molecule has 0 bridgehead atoms. The minimum Gasteiger partial charge on any atom is -0.289 e. The molecule has 0 saturated heterocycles. The average Bonchev–Trinajstić information content (AvgIpc) is 2.79. The predicted molar refractivity (Wildman–Crippen MR) is 128 cm³/mol. The van der Waals surface area contributed by atoms with E-state index in [9.17, 15) is 4.79 Å². The third kappa shape index (κ3) is 10.5. The summed E-state index contributed by atoms with van der Waals surface area (Å²) in [6.07, 6.45) is 24.4. The van der Waals surface area contributed by atoms with Crippen molar-refractivity contribution in [1.29, 1.82) is 0 Å². The number of benzene rings is 1. The van der Waals surface area contributed by atoms with E-state index in [2.05, 4.69) is 36.0 Å². The van der Waals surface area contributed by atoms with Gasteiger partial charge >= 0.3 is 0 Å². The highest BCUT2D eigenvalue weighted by molar-refractivity contribution is 6.06. The van der Waals surface area contributed by atoms with Crippen molar-refractivity contribution in [2.75, 3.05) is 0 Å². The maximum atomic E-state index is 12.1. The molecule has 0 amide bonds. The average molecular weight is 407 g/mol. The van der Waals surface area contributed by atoms with Gasteiger partial charge in [-0.25, -0.2) is 4.57 Å². The molecular formula is C28H40NO+. The molecule has 0 aliphatic carbocycles. The van der Waals surface area contributed by atoms with E-state index >= 15 is 0 Å². The molecule has 2 rings (SSSR count). The standard InChI is InChI=1S/C28H40NO/c1-2-3-4-5-6-7-8-9-10-11-12-16-23-29-24-21-26(22-25-29)19-20-28(30)27-17-14-13-15-18-27/h13-15,17-22,24-25H,2-12,16,23H2,1H3/q+1/b20-19+. The lowest BCUT2D eigenvalue weighted by molar-refractivity contribution is -0.697. The Morgan fingerprint density at radius 3 is 1.83 bits per heavy atom. The van der Waals surface area contributed by atoms with Gasteiger partial charge in [0.15, 0.2) is 18.2 Å². The molecule has 0 radical (unpaired) electrons. The minimum absolute atomic E-state index is 0.0452. The van der Waals surface area contributed by atoms with Gasteiger partial charge in [0.2, 0.25) is 0 Å². The maximum absolute atomic E-state index is 12.1. The van der Waals surface area contributed by atoms with E-state index < -0.39 is 0 Å². The van der Waals surface area contributed by atoms with Crippen LogP contribution >= 0.6 is 0 Å². The molecule has 0 aliphatic rings. The van der Waals surface area contributed by atoms with Gasteiger partial charge in [-0.05, 0) is 18.1 Å². The van der Waals surface area contributed by atoms with Gasteiger partial charge in [-0.15, -0.1) is 0 Å². The zero-order valence-corrected chi connectivity index (χ0v) is 18.9. The molecule has 0 aliphatic heterocycles. The van der Waals surface area contributed by atoms with Gasteiger partial charge in [-0.3, -0.25) is 4.79 Å². The van der Waals surface area contributed by atoms with Crippen molar-refractivity contribution in [2.45, 2.75) is 90.5 Å². The van der Waals surface area contributed by atoms with Crippen molar-refractivity contribution >= 4 is 11.9 Å². The van der Waals surface area contributed by atoms with E-state index in [0.29, 0.717) is 0 Å². The Hall–Kier alpha value is -2.22. The summed E-state index contributed by atoms with van der Waals surface area (Å²) < 4.78 is 2.24. The molecule has 0 fully saturated rings. The highest BCUT2D eigenvalue weighted by Crippen LogP contribution is 2.12. The number of unbranched alkanes of at least 4 members (excludes halogenated alkanes) is 11. The summed E-state index contributed by atoms with van der Waals surface area (Å²) in [4.78, 5) is 12.1. The molecule has 162 valence electrons. The Morgan fingerprint density at radius 2 is 1.27 bits per heavy atom. The molecule has 1 aromatic heterocycles. The molecule has 2 nitrogen and oxygen atoms in total. The smallest absolute Gasteiger partial charge is 0.185 e. The first-order valence-electron chi connectivity index (χ1n) is 12.1. The molecule has 1 aromatic carbocycles. The van der Waals surface area contributed by atoms with Crippen LogP contribution in [0.4, 0.5) is 0 Å². The number of carbonyl (C=O) groups excluding carboxylic acids is 1. The predicted octanol–water partition coefficient (Wildman–Crippen LogP) is 7.57. The topological polar surface area (TPSA) is 20.9 Å². The summed E-state index contributed by atoms with van der Waals surface area (Å²) in [7, 11) is 0. The number of allylic oxidation sites excluding steroid dienone is 1. The van der Waals surface area contributed by atoms with E-state index in [1.54, 1.807) is 6.08 Å². The number of ketones is 1. The van der Waals surface area contributed by atoms with Crippen LogP contribution < -0.4 is 4.57 Å². The van der Waals surface area contributed by atoms with Crippen LogP contribution in [0, 0.1) is 0 Å². The van der Waals surface area contributed by atoms with Gasteiger partial charge in [0, 0.05) is 24.1 Å². The Balaban J connectivity index is 1.53. The van der Waals surface area contributed by atoms with Crippen molar-refractivity contribution in [1.82, 2.24) is 0 Å². The second-order valence-electron chi connectivity index (χ2n) is 8.32. The zero-order valence-electron chi connectivity index (χ0n) is 18.9. The SMILES string of the molecule is CCCCCCCCCCCCCC[n+]1ccc(/C=C/C(=O)c2ccccc2)cc1. The quantitative estimate of drug-likeness (QED) is 0.122. The third-order valence-electron chi connectivity index (χ3n) is 5.67. The van der Waals surface area contributed by atoms with Crippen LogP contribution in [0.3, 0.4) is 0 Å². The number of hydrogen-bond donors (Lipinski definition) is 0. The van der Waals surface area contributed by atoms with Gasteiger partial charge in [0.1, 0.15) is 6.54 Å². The van der Waals surface area contributed by atoms with Crippen LogP contribution in [-0.4, -0.2) is 5.78 Å². The number of aryl methyl sites for hydroxylation is 1. The monoisotopic (exact) mass is 406 g/mol. The van der Waals surface area contributed by atoms with Crippen LogP contribution in [0.2, 0.25) is 0 Å². The lowest BCUT2D eigenvalue weighted by Crippen LogP contribution is -2.32.